The monoisotopic (exact) mass is 286 g/mol. The zero-order valence-electron chi connectivity index (χ0n) is 11.6. The van der Waals surface area contributed by atoms with Crippen molar-refractivity contribution in [2.45, 2.75) is 44.1 Å². The molecule has 0 aliphatic heterocycles. The van der Waals surface area contributed by atoms with Crippen molar-refractivity contribution in [3.63, 3.8) is 0 Å². The second kappa shape index (κ2) is 5.90. The summed E-state index contributed by atoms with van der Waals surface area (Å²) in [6, 6.07) is 4.77. The van der Waals surface area contributed by atoms with Gasteiger partial charge in [-0.3, -0.25) is 0 Å². The Labute approximate surface area is 114 Å². The summed E-state index contributed by atoms with van der Waals surface area (Å²) in [5.74, 6) is 0. The number of hydrogen-bond acceptors (Lipinski definition) is 4. The van der Waals surface area contributed by atoms with Gasteiger partial charge in [0.2, 0.25) is 10.0 Å². The highest BCUT2D eigenvalue weighted by atomic mass is 32.2. The molecule has 1 atom stereocenters. The van der Waals surface area contributed by atoms with Crippen LogP contribution in [0.25, 0.3) is 0 Å². The maximum atomic E-state index is 12.1. The van der Waals surface area contributed by atoms with Crippen molar-refractivity contribution in [2.24, 2.45) is 0 Å². The maximum Gasteiger partial charge on any atom is 0.242 e. The minimum Gasteiger partial charge on any atom is -0.398 e. The van der Waals surface area contributed by atoms with Gasteiger partial charge in [-0.05, 0) is 38.0 Å². The molecule has 0 fully saturated rings. The van der Waals surface area contributed by atoms with E-state index in [1.807, 2.05) is 13.8 Å². The third-order valence-corrected chi connectivity index (χ3v) is 4.36. The van der Waals surface area contributed by atoms with Gasteiger partial charge in [-0.15, -0.1) is 0 Å². The quantitative estimate of drug-likeness (QED) is 0.689. The maximum absolute atomic E-state index is 12.1. The summed E-state index contributed by atoms with van der Waals surface area (Å²) in [6.07, 6.45) is 1.31. The summed E-state index contributed by atoms with van der Waals surface area (Å²) in [7, 11) is -3.69. The number of nitrogens with two attached hydrogens (primary N) is 1. The van der Waals surface area contributed by atoms with E-state index in [2.05, 4.69) is 4.72 Å². The van der Waals surface area contributed by atoms with E-state index in [4.69, 9.17) is 5.73 Å². The van der Waals surface area contributed by atoms with Crippen LogP contribution in [0.3, 0.4) is 0 Å². The molecule has 0 spiro atoms. The van der Waals surface area contributed by atoms with E-state index in [0.29, 0.717) is 6.42 Å². The molecule has 0 aromatic heterocycles. The molecular formula is C13H22N2O3S. The minimum atomic E-state index is -3.69. The molecule has 1 unspecified atom stereocenters. The molecule has 0 saturated heterocycles. The fourth-order valence-corrected chi connectivity index (χ4v) is 3.14. The number of aryl methyl sites for hydroxylation is 1. The molecule has 0 heterocycles. The Hall–Kier alpha value is -1.11. The average molecular weight is 286 g/mol. The molecule has 0 aliphatic carbocycles. The number of nitrogens with one attached hydrogen (secondary N) is 1. The van der Waals surface area contributed by atoms with Crippen LogP contribution in [-0.2, 0) is 10.0 Å². The highest BCUT2D eigenvalue weighted by molar-refractivity contribution is 7.89. The molecular weight excluding hydrogens is 264 g/mol. The van der Waals surface area contributed by atoms with Crippen molar-refractivity contribution in [3.8, 4) is 0 Å². The van der Waals surface area contributed by atoms with E-state index in [1.54, 1.807) is 19.1 Å². The van der Waals surface area contributed by atoms with Gasteiger partial charge in [0.25, 0.3) is 0 Å². The Balaban J connectivity index is 2.87. The Morgan fingerprint density at radius 1 is 1.42 bits per heavy atom. The van der Waals surface area contributed by atoms with Gasteiger partial charge in [-0.2, -0.15) is 0 Å². The predicted octanol–water partition coefficient (Wildman–Crippen LogP) is 1.41. The molecule has 1 aromatic rings. The van der Waals surface area contributed by atoms with Crippen LogP contribution in [0.1, 0.15) is 32.3 Å². The number of rotatable bonds is 6. The van der Waals surface area contributed by atoms with E-state index in [0.717, 1.165) is 12.0 Å². The van der Waals surface area contributed by atoms with Crippen molar-refractivity contribution < 1.29 is 13.5 Å². The first-order chi connectivity index (χ1) is 8.68. The summed E-state index contributed by atoms with van der Waals surface area (Å²) in [5.41, 5.74) is 5.78. The Bertz CT molecular complexity index is 539. The average Bonchev–Trinajstić information content (AvgIpc) is 2.26. The summed E-state index contributed by atoms with van der Waals surface area (Å²) in [6.45, 7) is 5.35. The molecule has 0 bridgehead atoms. The van der Waals surface area contributed by atoms with Gasteiger partial charge in [0.05, 0.1) is 11.3 Å². The first-order valence-corrected chi connectivity index (χ1v) is 7.74. The van der Waals surface area contributed by atoms with E-state index in [1.165, 1.54) is 6.07 Å². The van der Waals surface area contributed by atoms with Gasteiger partial charge in [0.1, 0.15) is 4.90 Å². The highest BCUT2D eigenvalue weighted by Crippen LogP contribution is 2.20. The van der Waals surface area contributed by atoms with E-state index < -0.39 is 15.6 Å². The summed E-state index contributed by atoms with van der Waals surface area (Å²) < 4.78 is 26.6. The van der Waals surface area contributed by atoms with Crippen LogP contribution in [0.2, 0.25) is 0 Å². The van der Waals surface area contributed by atoms with Gasteiger partial charge in [0.15, 0.2) is 0 Å². The van der Waals surface area contributed by atoms with Gasteiger partial charge in [-0.1, -0.05) is 19.4 Å². The predicted molar refractivity (Wildman–Crippen MR) is 76.3 cm³/mol. The van der Waals surface area contributed by atoms with Crippen molar-refractivity contribution >= 4 is 15.7 Å². The fraction of sp³-hybridized carbons (Fsp3) is 0.538. The first kappa shape index (κ1) is 15.9. The Kier molecular flexibility index (Phi) is 4.95. The normalized spacial score (nSPS) is 15.2. The standard InChI is InChI=1S/C13H22N2O3S/c1-4-7-13(3,16)9-15-19(17,18)12-6-5-10(2)8-11(12)14/h5-6,8,15-16H,4,7,9,14H2,1-3H3. The van der Waals surface area contributed by atoms with Crippen molar-refractivity contribution in [1.82, 2.24) is 4.72 Å². The van der Waals surface area contributed by atoms with E-state index >= 15 is 0 Å². The topological polar surface area (TPSA) is 92.4 Å². The van der Waals surface area contributed by atoms with Crippen LogP contribution in [0.4, 0.5) is 5.69 Å². The lowest BCUT2D eigenvalue weighted by molar-refractivity contribution is 0.0554. The summed E-state index contributed by atoms with van der Waals surface area (Å²) in [4.78, 5) is 0.0467. The molecule has 1 aromatic carbocycles. The van der Waals surface area contributed by atoms with Gasteiger partial charge >= 0.3 is 0 Å². The second-order valence-corrected chi connectivity index (χ2v) is 6.85. The summed E-state index contributed by atoms with van der Waals surface area (Å²) >= 11 is 0. The number of nitrogen functional groups attached to an aromatic ring is 1. The number of benzene rings is 1. The fourth-order valence-electron chi connectivity index (χ4n) is 1.87. The number of sulfonamides is 1. The number of anilines is 1. The van der Waals surface area contributed by atoms with Crippen molar-refractivity contribution in [2.75, 3.05) is 12.3 Å². The SMILES string of the molecule is CCCC(C)(O)CNS(=O)(=O)c1ccc(C)cc1N. The molecule has 0 radical (unpaired) electrons. The molecule has 0 amide bonds. The molecule has 4 N–H and O–H groups in total. The molecule has 0 saturated carbocycles. The van der Waals surface area contributed by atoms with Crippen LogP contribution >= 0.6 is 0 Å². The van der Waals surface area contributed by atoms with Crippen LogP contribution in [0, 0.1) is 6.92 Å². The largest absolute Gasteiger partial charge is 0.398 e. The highest BCUT2D eigenvalue weighted by Gasteiger charge is 2.24. The third kappa shape index (κ3) is 4.49. The third-order valence-electron chi connectivity index (χ3n) is 2.89. The summed E-state index contributed by atoms with van der Waals surface area (Å²) in [5, 5.41) is 9.98. The van der Waals surface area contributed by atoms with Gasteiger partial charge in [0, 0.05) is 6.54 Å². The van der Waals surface area contributed by atoms with Crippen LogP contribution in [0.15, 0.2) is 23.1 Å². The van der Waals surface area contributed by atoms with Gasteiger partial charge < -0.3 is 10.8 Å². The Morgan fingerprint density at radius 3 is 2.58 bits per heavy atom. The van der Waals surface area contributed by atoms with Crippen LogP contribution in [0.5, 0.6) is 0 Å². The lowest BCUT2D eigenvalue weighted by Gasteiger charge is -2.23. The van der Waals surface area contributed by atoms with Crippen molar-refractivity contribution in [1.29, 1.82) is 0 Å². The van der Waals surface area contributed by atoms with Crippen LogP contribution < -0.4 is 10.5 Å². The lowest BCUT2D eigenvalue weighted by atomic mass is 10.0. The zero-order chi connectivity index (χ0) is 14.7. The zero-order valence-corrected chi connectivity index (χ0v) is 12.4. The molecule has 1 rings (SSSR count). The van der Waals surface area contributed by atoms with Crippen LogP contribution in [-0.4, -0.2) is 25.7 Å². The van der Waals surface area contributed by atoms with E-state index in [9.17, 15) is 13.5 Å². The molecule has 6 heteroatoms. The van der Waals surface area contributed by atoms with E-state index in [-0.39, 0.29) is 17.1 Å². The first-order valence-electron chi connectivity index (χ1n) is 6.26. The van der Waals surface area contributed by atoms with Gasteiger partial charge in [-0.25, -0.2) is 13.1 Å². The molecule has 0 aliphatic rings. The number of hydrogen-bond donors (Lipinski definition) is 3. The lowest BCUT2D eigenvalue weighted by Crippen LogP contribution is -2.40. The minimum absolute atomic E-state index is 0.0313. The number of aliphatic hydroxyl groups is 1. The second-order valence-electron chi connectivity index (χ2n) is 5.11. The Morgan fingerprint density at radius 2 is 2.05 bits per heavy atom. The molecule has 19 heavy (non-hydrogen) atoms. The molecule has 108 valence electrons. The molecule has 5 nitrogen and oxygen atoms in total. The van der Waals surface area contributed by atoms with Crippen molar-refractivity contribution in [3.05, 3.63) is 23.8 Å². The smallest absolute Gasteiger partial charge is 0.242 e.